The third kappa shape index (κ3) is 5.21. The number of methoxy groups -OCH3 is 1. The molecule has 1 aromatic carbocycles. The molecule has 0 amide bonds. The Bertz CT molecular complexity index is 377. The third-order valence-electron chi connectivity index (χ3n) is 3.09. The highest BCUT2D eigenvalue weighted by Crippen LogP contribution is 2.23. The van der Waals surface area contributed by atoms with Crippen LogP contribution >= 0.6 is 0 Å². The Morgan fingerprint density at radius 1 is 1.26 bits per heavy atom. The molecule has 0 heterocycles. The number of ether oxygens (including phenoxy) is 2. The molecule has 1 atom stereocenters. The van der Waals surface area contributed by atoms with E-state index in [0.29, 0.717) is 6.61 Å². The smallest absolute Gasteiger partial charge is 0.119 e. The van der Waals surface area contributed by atoms with Gasteiger partial charge in [0.2, 0.25) is 0 Å². The maximum Gasteiger partial charge on any atom is 0.119 e. The minimum Gasteiger partial charge on any atom is -0.497 e. The lowest BCUT2D eigenvalue weighted by Crippen LogP contribution is -2.28. The van der Waals surface area contributed by atoms with Crippen molar-refractivity contribution >= 4 is 0 Å². The first-order valence-electron chi connectivity index (χ1n) is 7.08. The predicted octanol–water partition coefficient (Wildman–Crippen LogP) is 3.47. The van der Waals surface area contributed by atoms with Crippen molar-refractivity contribution in [1.82, 2.24) is 5.32 Å². The van der Waals surface area contributed by atoms with Crippen molar-refractivity contribution in [2.24, 2.45) is 0 Å². The molecule has 0 saturated carbocycles. The summed E-state index contributed by atoms with van der Waals surface area (Å²) in [6, 6.07) is 6.46. The monoisotopic (exact) mass is 265 g/mol. The standard InChI is InChI=1S/C16H27NO2/c1-6-9-17-16(11-19-12(2)3)15-8-7-14(18-5)10-13(15)4/h7-8,10,12,16-17H,6,9,11H2,1-5H3. The van der Waals surface area contributed by atoms with Gasteiger partial charge in [-0.1, -0.05) is 13.0 Å². The van der Waals surface area contributed by atoms with Crippen LogP contribution in [0.15, 0.2) is 18.2 Å². The van der Waals surface area contributed by atoms with Crippen molar-refractivity contribution in [3.8, 4) is 5.75 Å². The molecule has 108 valence electrons. The molecular weight excluding hydrogens is 238 g/mol. The van der Waals surface area contributed by atoms with E-state index in [1.807, 2.05) is 6.07 Å². The number of hydrogen-bond donors (Lipinski definition) is 1. The van der Waals surface area contributed by atoms with Gasteiger partial charge < -0.3 is 14.8 Å². The second kappa shape index (κ2) is 8.18. The van der Waals surface area contributed by atoms with Crippen molar-refractivity contribution in [2.45, 2.75) is 46.3 Å². The minimum absolute atomic E-state index is 0.244. The van der Waals surface area contributed by atoms with Crippen LogP contribution < -0.4 is 10.1 Å². The van der Waals surface area contributed by atoms with Crippen LogP contribution in [0.3, 0.4) is 0 Å². The Morgan fingerprint density at radius 3 is 2.53 bits per heavy atom. The Morgan fingerprint density at radius 2 is 2.00 bits per heavy atom. The maximum absolute atomic E-state index is 5.77. The molecule has 3 nitrogen and oxygen atoms in total. The van der Waals surface area contributed by atoms with Gasteiger partial charge in [0.05, 0.1) is 25.9 Å². The Kier molecular flexibility index (Phi) is 6.89. The first-order valence-corrected chi connectivity index (χ1v) is 7.08. The summed E-state index contributed by atoms with van der Waals surface area (Å²) in [6.45, 7) is 10.1. The van der Waals surface area contributed by atoms with Crippen molar-refractivity contribution in [3.05, 3.63) is 29.3 Å². The van der Waals surface area contributed by atoms with E-state index in [1.165, 1.54) is 11.1 Å². The summed E-state index contributed by atoms with van der Waals surface area (Å²) < 4.78 is 11.0. The molecule has 1 aromatic rings. The van der Waals surface area contributed by atoms with Crippen LogP contribution in [0.5, 0.6) is 5.75 Å². The van der Waals surface area contributed by atoms with Gasteiger partial charge in [0.25, 0.3) is 0 Å². The van der Waals surface area contributed by atoms with Crippen LogP contribution in [0.2, 0.25) is 0 Å². The van der Waals surface area contributed by atoms with E-state index in [9.17, 15) is 0 Å². The van der Waals surface area contributed by atoms with E-state index in [0.717, 1.165) is 18.7 Å². The van der Waals surface area contributed by atoms with Gasteiger partial charge in [0, 0.05) is 0 Å². The summed E-state index contributed by atoms with van der Waals surface area (Å²) >= 11 is 0. The normalized spacial score (nSPS) is 12.7. The van der Waals surface area contributed by atoms with Crippen molar-refractivity contribution < 1.29 is 9.47 Å². The van der Waals surface area contributed by atoms with Crippen LogP contribution in [0.4, 0.5) is 0 Å². The topological polar surface area (TPSA) is 30.5 Å². The summed E-state index contributed by atoms with van der Waals surface area (Å²) in [5, 5.41) is 3.55. The molecule has 0 aliphatic carbocycles. The van der Waals surface area contributed by atoms with E-state index >= 15 is 0 Å². The average molecular weight is 265 g/mol. The lowest BCUT2D eigenvalue weighted by atomic mass is 10.0. The molecule has 0 fully saturated rings. The molecule has 3 heteroatoms. The van der Waals surface area contributed by atoms with Gasteiger partial charge in [-0.2, -0.15) is 0 Å². The van der Waals surface area contributed by atoms with E-state index < -0.39 is 0 Å². The van der Waals surface area contributed by atoms with Crippen LogP contribution in [0.25, 0.3) is 0 Å². The first kappa shape index (κ1) is 16.0. The summed E-state index contributed by atoms with van der Waals surface area (Å²) in [5.74, 6) is 0.903. The number of nitrogens with one attached hydrogen (secondary N) is 1. The third-order valence-corrected chi connectivity index (χ3v) is 3.09. The Balaban J connectivity index is 2.82. The molecule has 0 radical (unpaired) electrons. The van der Waals surface area contributed by atoms with Gasteiger partial charge in [0.1, 0.15) is 5.75 Å². The maximum atomic E-state index is 5.77. The molecule has 0 bridgehead atoms. The molecule has 0 saturated heterocycles. The van der Waals surface area contributed by atoms with Crippen molar-refractivity contribution in [2.75, 3.05) is 20.3 Å². The van der Waals surface area contributed by atoms with E-state index in [4.69, 9.17) is 9.47 Å². The SMILES string of the molecule is CCCNC(COC(C)C)c1ccc(OC)cc1C. The lowest BCUT2D eigenvalue weighted by molar-refractivity contribution is 0.0610. The second-order valence-electron chi connectivity index (χ2n) is 5.11. The largest absolute Gasteiger partial charge is 0.497 e. The fourth-order valence-electron chi connectivity index (χ4n) is 2.03. The summed E-state index contributed by atoms with van der Waals surface area (Å²) in [5.41, 5.74) is 2.52. The van der Waals surface area contributed by atoms with Crippen LogP contribution in [0, 0.1) is 6.92 Å². The zero-order valence-electron chi connectivity index (χ0n) is 12.8. The zero-order chi connectivity index (χ0) is 14.3. The molecule has 0 aliphatic heterocycles. The minimum atomic E-state index is 0.244. The van der Waals surface area contributed by atoms with Crippen LogP contribution in [0.1, 0.15) is 44.4 Å². The second-order valence-corrected chi connectivity index (χ2v) is 5.11. The summed E-state index contributed by atoms with van der Waals surface area (Å²) in [4.78, 5) is 0. The number of rotatable bonds is 8. The number of aryl methyl sites for hydroxylation is 1. The molecule has 1 rings (SSSR count). The van der Waals surface area contributed by atoms with Crippen molar-refractivity contribution in [3.63, 3.8) is 0 Å². The Hall–Kier alpha value is -1.06. The first-order chi connectivity index (χ1) is 9.08. The fourth-order valence-corrected chi connectivity index (χ4v) is 2.03. The molecule has 1 N–H and O–H groups in total. The summed E-state index contributed by atoms with van der Waals surface area (Å²) in [7, 11) is 1.70. The molecule has 0 aromatic heterocycles. The van der Waals surface area contributed by atoms with Crippen LogP contribution in [-0.2, 0) is 4.74 Å². The molecular formula is C16H27NO2. The van der Waals surface area contributed by atoms with Gasteiger partial charge in [-0.25, -0.2) is 0 Å². The molecule has 0 spiro atoms. The summed E-state index contributed by atoms with van der Waals surface area (Å²) in [6.07, 6.45) is 1.37. The number of hydrogen-bond acceptors (Lipinski definition) is 3. The van der Waals surface area contributed by atoms with Crippen molar-refractivity contribution in [1.29, 1.82) is 0 Å². The van der Waals surface area contributed by atoms with Gasteiger partial charge in [-0.05, 0) is 57.0 Å². The quantitative estimate of drug-likeness (QED) is 0.780. The highest BCUT2D eigenvalue weighted by molar-refractivity contribution is 5.36. The van der Waals surface area contributed by atoms with Gasteiger partial charge in [-0.3, -0.25) is 0 Å². The number of benzene rings is 1. The fraction of sp³-hybridized carbons (Fsp3) is 0.625. The highest BCUT2D eigenvalue weighted by atomic mass is 16.5. The highest BCUT2D eigenvalue weighted by Gasteiger charge is 2.14. The predicted molar refractivity (Wildman–Crippen MR) is 79.9 cm³/mol. The van der Waals surface area contributed by atoms with E-state index in [1.54, 1.807) is 7.11 Å². The van der Waals surface area contributed by atoms with Gasteiger partial charge >= 0.3 is 0 Å². The Labute approximate surface area is 117 Å². The zero-order valence-corrected chi connectivity index (χ0v) is 12.8. The lowest BCUT2D eigenvalue weighted by Gasteiger charge is -2.22. The van der Waals surface area contributed by atoms with Crippen LogP contribution in [-0.4, -0.2) is 26.4 Å². The molecule has 0 aliphatic rings. The molecule has 19 heavy (non-hydrogen) atoms. The molecule has 1 unspecified atom stereocenters. The van der Waals surface area contributed by atoms with E-state index in [-0.39, 0.29) is 12.1 Å². The average Bonchev–Trinajstić information content (AvgIpc) is 2.39. The van der Waals surface area contributed by atoms with Gasteiger partial charge in [-0.15, -0.1) is 0 Å². The van der Waals surface area contributed by atoms with Gasteiger partial charge in [0.15, 0.2) is 0 Å². The van der Waals surface area contributed by atoms with E-state index in [2.05, 4.69) is 45.1 Å².